The van der Waals surface area contributed by atoms with Gasteiger partial charge < -0.3 is 11.1 Å². The number of hydrogen-bond acceptors (Lipinski definition) is 2. The zero-order valence-electron chi connectivity index (χ0n) is 10.6. The molecule has 1 fully saturated rings. The number of halogens is 3. The number of hydrogen-bond donors (Lipinski definition) is 2. The van der Waals surface area contributed by atoms with Gasteiger partial charge in [-0.15, -0.1) is 0 Å². The quantitative estimate of drug-likeness (QED) is 0.835. The van der Waals surface area contributed by atoms with Crippen LogP contribution in [-0.2, 0) is 6.18 Å². The second-order valence-corrected chi connectivity index (χ2v) is 5.95. The number of thiocarbonyl (C=S) groups is 1. The standard InChI is InChI=1S/C13H15F3N2S/c1-12(2)6-10(12)18-7-3-4-8(11(17)19)9(5-7)13(14,15)16/h3-5,10,18H,6H2,1-2H3,(H2,17,19). The SMILES string of the molecule is CC1(C)CC1Nc1ccc(C(N)=S)c(C(F)(F)F)c1. The van der Waals surface area contributed by atoms with Crippen LogP contribution < -0.4 is 11.1 Å². The number of rotatable bonds is 3. The lowest BCUT2D eigenvalue weighted by atomic mass is 10.1. The highest BCUT2D eigenvalue weighted by atomic mass is 32.1. The van der Waals surface area contributed by atoms with Gasteiger partial charge in [0, 0.05) is 17.3 Å². The molecule has 0 amide bonds. The smallest absolute Gasteiger partial charge is 0.389 e. The Morgan fingerprint density at radius 3 is 2.42 bits per heavy atom. The fourth-order valence-corrected chi connectivity index (χ4v) is 2.18. The number of nitrogens with one attached hydrogen (secondary N) is 1. The molecule has 1 aromatic rings. The van der Waals surface area contributed by atoms with E-state index < -0.39 is 11.7 Å². The van der Waals surface area contributed by atoms with Crippen molar-refractivity contribution in [2.45, 2.75) is 32.5 Å². The third-order valence-electron chi connectivity index (χ3n) is 3.44. The molecule has 0 heterocycles. The molecule has 1 unspecified atom stereocenters. The molecule has 19 heavy (non-hydrogen) atoms. The van der Waals surface area contributed by atoms with E-state index in [0.717, 1.165) is 12.5 Å². The van der Waals surface area contributed by atoms with E-state index in [9.17, 15) is 13.2 Å². The summed E-state index contributed by atoms with van der Waals surface area (Å²) in [5.41, 5.74) is 4.99. The first kappa shape index (κ1) is 14.1. The molecule has 1 aliphatic rings. The van der Waals surface area contributed by atoms with E-state index >= 15 is 0 Å². The summed E-state index contributed by atoms with van der Waals surface area (Å²) < 4.78 is 38.9. The van der Waals surface area contributed by atoms with Crippen LogP contribution in [0.4, 0.5) is 18.9 Å². The van der Waals surface area contributed by atoms with Gasteiger partial charge in [-0.25, -0.2) is 0 Å². The molecule has 3 N–H and O–H groups in total. The van der Waals surface area contributed by atoms with Crippen molar-refractivity contribution < 1.29 is 13.2 Å². The Labute approximate surface area is 115 Å². The van der Waals surface area contributed by atoms with Crippen molar-refractivity contribution in [1.29, 1.82) is 0 Å². The summed E-state index contributed by atoms with van der Waals surface area (Å²) >= 11 is 4.66. The number of nitrogens with two attached hydrogens (primary N) is 1. The number of anilines is 1. The molecule has 0 radical (unpaired) electrons. The number of benzene rings is 1. The van der Waals surface area contributed by atoms with Crippen LogP contribution in [0, 0.1) is 5.41 Å². The van der Waals surface area contributed by atoms with Crippen LogP contribution in [0.1, 0.15) is 31.4 Å². The molecule has 6 heteroatoms. The van der Waals surface area contributed by atoms with Crippen molar-refractivity contribution in [1.82, 2.24) is 0 Å². The van der Waals surface area contributed by atoms with Crippen LogP contribution >= 0.6 is 12.2 Å². The minimum Gasteiger partial charge on any atom is -0.389 e. The first-order chi connectivity index (χ1) is 8.61. The van der Waals surface area contributed by atoms with Gasteiger partial charge in [-0.3, -0.25) is 0 Å². The van der Waals surface area contributed by atoms with Gasteiger partial charge in [-0.1, -0.05) is 26.1 Å². The zero-order chi connectivity index (χ0) is 14.4. The maximum absolute atomic E-state index is 13.0. The number of alkyl halides is 3. The molecule has 1 aromatic carbocycles. The third kappa shape index (κ3) is 3.00. The van der Waals surface area contributed by atoms with Crippen LogP contribution in [-0.4, -0.2) is 11.0 Å². The van der Waals surface area contributed by atoms with Gasteiger partial charge in [0.15, 0.2) is 0 Å². The third-order valence-corrected chi connectivity index (χ3v) is 3.66. The lowest BCUT2D eigenvalue weighted by Gasteiger charge is -2.15. The summed E-state index contributed by atoms with van der Waals surface area (Å²) in [6.07, 6.45) is -3.51. The first-order valence-corrected chi connectivity index (χ1v) is 6.30. The minimum atomic E-state index is -4.46. The van der Waals surface area contributed by atoms with E-state index in [0.29, 0.717) is 5.69 Å². The van der Waals surface area contributed by atoms with Gasteiger partial charge in [-0.2, -0.15) is 13.2 Å². The average Bonchev–Trinajstić information content (AvgIpc) is 2.84. The van der Waals surface area contributed by atoms with E-state index in [1.54, 1.807) is 6.07 Å². The van der Waals surface area contributed by atoms with E-state index in [-0.39, 0.29) is 22.0 Å². The Bertz CT molecular complexity index is 523. The predicted molar refractivity (Wildman–Crippen MR) is 73.1 cm³/mol. The monoisotopic (exact) mass is 288 g/mol. The molecule has 0 bridgehead atoms. The van der Waals surface area contributed by atoms with Crippen molar-refractivity contribution in [2.24, 2.45) is 11.1 Å². The van der Waals surface area contributed by atoms with Crippen LogP contribution in [0.5, 0.6) is 0 Å². The highest BCUT2D eigenvalue weighted by Crippen LogP contribution is 2.47. The van der Waals surface area contributed by atoms with Gasteiger partial charge in [0.05, 0.1) is 5.56 Å². The summed E-state index contributed by atoms with van der Waals surface area (Å²) in [6, 6.07) is 4.19. The van der Waals surface area contributed by atoms with Crippen LogP contribution in [0.3, 0.4) is 0 Å². The molecule has 1 atom stereocenters. The van der Waals surface area contributed by atoms with Crippen molar-refractivity contribution in [3.63, 3.8) is 0 Å². The van der Waals surface area contributed by atoms with Gasteiger partial charge in [-0.05, 0) is 30.0 Å². The highest BCUT2D eigenvalue weighted by Gasteiger charge is 2.45. The van der Waals surface area contributed by atoms with Gasteiger partial charge >= 0.3 is 6.18 Å². The first-order valence-electron chi connectivity index (χ1n) is 5.89. The minimum absolute atomic E-state index is 0.136. The Morgan fingerprint density at radius 2 is 2.00 bits per heavy atom. The predicted octanol–water partition coefficient (Wildman–Crippen LogP) is 3.55. The average molecular weight is 288 g/mol. The molecule has 2 rings (SSSR count). The summed E-state index contributed by atoms with van der Waals surface area (Å²) in [5, 5.41) is 3.10. The molecule has 1 saturated carbocycles. The van der Waals surface area contributed by atoms with Crippen LogP contribution in [0.15, 0.2) is 18.2 Å². The van der Waals surface area contributed by atoms with Crippen molar-refractivity contribution >= 4 is 22.9 Å². The lowest BCUT2D eigenvalue weighted by Crippen LogP contribution is -2.18. The molecule has 0 spiro atoms. The zero-order valence-corrected chi connectivity index (χ0v) is 11.5. The maximum Gasteiger partial charge on any atom is 0.417 e. The molecule has 1 aliphatic carbocycles. The Balaban J connectivity index is 2.31. The van der Waals surface area contributed by atoms with Crippen LogP contribution in [0.25, 0.3) is 0 Å². The normalized spacial score (nSPS) is 21.0. The van der Waals surface area contributed by atoms with Gasteiger partial charge in [0.2, 0.25) is 0 Å². The van der Waals surface area contributed by atoms with Gasteiger partial charge in [0.1, 0.15) is 4.99 Å². The largest absolute Gasteiger partial charge is 0.417 e. The summed E-state index contributed by atoms with van der Waals surface area (Å²) in [5.74, 6) is 0. The summed E-state index contributed by atoms with van der Waals surface area (Å²) in [6.45, 7) is 4.14. The molecule has 104 valence electrons. The molecule has 0 saturated heterocycles. The molecular formula is C13H15F3N2S. The Kier molecular flexibility index (Phi) is 3.24. The van der Waals surface area contributed by atoms with Crippen molar-refractivity contribution in [3.8, 4) is 0 Å². The highest BCUT2D eigenvalue weighted by molar-refractivity contribution is 7.80. The van der Waals surface area contributed by atoms with E-state index in [4.69, 9.17) is 5.73 Å². The molecule has 0 aromatic heterocycles. The van der Waals surface area contributed by atoms with Crippen LogP contribution in [0.2, 0.25) is 0 Å². The summed E-state index contributed by atoms with van der Waals surface area (Å²) in [7, 11) is 0. The Morgan fingerprint density at radius 1 is 1.42 bits per heavy atom. The second kappa shape index (κ2) is 4.37. The van der Waals surface area contributed by atoms with E-state index in [1.165, 1.54) is 6.07 Å². The topological polar surface area (TPSA) is 38.0 Å². The van der Waals surface area contributed by atoms with Crippen molar-refractivity contribution in [3.05, 3.63) is 29.3 Å². The molecule has 2 nitrogen and oxygen atoms in total. The van der Waals surface area contributed by atoms with E-state index in [2.05, 4.69) is 31.4 Å². The fourth-order valence-electron chi connectivity index (χ4n) is 2.00. The lowest BCUT2D eigenvalue weighted by molar-refractivity contribution is -0.137. The fraction of sp³-hybridized carbons (Fsp3) is 0.462. The Hall–Kier alpha value is -1.30. The maximum atomic E-state index is 13.0. The second-order valence-electron chi connectivity index (χ2n) is 5.51. The molecular weight excluding hydrogens is 273 g/mol. The van der Waals surface area contributed by atoms with Crippen molar-refractivity contribution in [2.75, 3.05) is 5.32 Å². The molecule has 0 aliphatic heterocycles. The van der Waals surface area contributed by atoms with Gasteiger partial charge in [0.25, 0.3) is 0 Å². The summed E-state index contributed by atoms with van der Waals surface area (Å²) in [4.78, 5) is -0.245. The van der Waals surface area contributed by atoms with E-state index in [1.807, 2.05) is 0 Å².